The van der Waals surface area contributed by atoms with Crippen molar-refractivity contribution in [2.24, 2.45) is 5.41 Å². The van der Waals surface area contributed by atoms with Gasteiger partial charge in [-0.1, -0.05) is 11.6 Å². The third-order valence-electron chi connectivity index (χ3n) is 13.3. The van der Waals surface area contributed by atoms with Crippen LogP contribution >= 0.6 is 11.6 Å². The Hall–Kier alpha value is -5.52. The predicted octanol–water partition coefficient (Wildman–Crippen LogP) is 4.28. The van der Waals surface area contributed by atoms with Gasteiger partial charge in [-0.2, -0.15) is 5.26 Å². The summed E-state index contributed by atoms with van der Waals surface area (Å²) < 4.78 is 15.4. The van der Waals surface area contributed by atoms with Crippen LogP contribution in [0.4, 0.5) is 21.5 Å². The van der Waals surface area contributed by atoms with Crippen molar-refractivity contribution in [1.29, 1.82) is 5.26 Å². The van der Waals surface area contributed by atoms with Gasteiger partial charge in [0.1, 0.15) is 17.9 Å². The number of rotatable bonds is 6. The molecule has 6 aliphatic rings. The minimum Gasteiger partial charge on any atom is -0.371 e. The number of carbonyl (C=O) groups is 5. The summed E-state index contributed by atoms with van der Waals surface area (Å²) in [5.74, 6) is -3.17. The van der Waals surface area contributed by atoms with Gasteiger partial charge in [-0.15, -0.1) is 0 Å². The molecule has 13 nitrogen and oxygen atoms in total. The molecule has 5 saturated heterocycles. The minimum atomic E-state index is -1.11. The first-order valence-corrected chi connectivity index (χ1v) is 20.4. The maximum absolute atomic E-state index is 15.4. The van der Waals surface area contributed by atoms with Gasteiger partial charge in [0.2, 0.25) is 11.8 Å². The molecule has 0 saturated carbocycles. The van der Waals surface area contributed by atoms with Gasteiger partial charge in [0.15, 0.2) is 0 Å². The molecule has 15 heteroatoms. The maximum Gasteiger partial charge on any atom is 0.262 e. The SMILES string of the molecule is C[C@H]1CC2(CCN(c3ccc(C(=O)N4CCN(C5CN(c6cc7c(cc6F)C(=O)N(C6CCC(=O)NC6=O)C7=O)C5)CC4)cc3)CC2)CN1c1ccc(C#N)c(Cl)c1. The summed E-state index contributed by atoms with van der Waals surface area (Å²) in [5, 5.41) is 11.9. The second kappa shape index (κ2) is 14.7. The van der Waals surface area contributed by atoms with Gasteiger partial charge in [0, 0.05) is 94.3 Å². The van der Waals surface area contributed by atoms with Gasteiger partial charge in [-0.05, 0) is 92.6 Å². The second-order valence-corrected chi connectivity index (χ2v) is 17.1. The highest BCUT2D eigenvalue weighted by Gasteiger charge is 2.47. The van der Waals surface area contributed by atoms with Crippen LogP contribution in [0.5, 0.6) is 0 Å². The zero-order valence-corrected chi connectivity index (χ0v) is 33.0. The average Bonchev–Trinajstić information content (AvgIpc) is 3.65. The molecule has 9 rings (SSSR count). The van der Waals surface area contributed by atoms with Crippen LogP contribution in [0.2, 0.25) is 5.02 Å². The van der Waals surface area contributed by atoms with E-state index in [-0.39, 0.29) is 47.0 Å². The number of nitrogens with zero attached hydrogens (tertiary/aromatic N) is 7. The smallest absolute Gasteiger partial charge is 0.262 e. The molecular formula is C43H44ClFN8O5. The van der Waals surface area contributed by atoms with Crippen LogP contribution < -0.4 is 20.0 Å². The molecule has 5 fully saturated rings. The predicted molar refractivity (Wildman–Crippen MR) is 214 cm³/mol. The van der Waals surface area contributed by atoms with E-state index in [9.17, 15) is 29.2 Å². The highest BCUT2D eigenvalue weighted by atomic mass is 35.5. The molecule has 1 spiro atoms. The number of fused-ring (bicyclic) bond motifs is 1. The summed E-state index contributed by atoms with van der Waals surface area (Å²) >= 11 is 6.37. The van der Waals surface area contributed by atoms with E-state index >= 15 is 4.39 Å². The molecular weight excluding hydrogens is 763 g/mol. The fraction of sp³-hybridized carbons (Fsp3) is 0.442. The number of hydrogen-bond acceptors (Lipinski definition) is 10. The Bertz CT molecular complexity index is 2260. The molecule has 6 aliphatic heterocycles. The summed E-state index contributed by atoms with van der Waals surface area (Å²) in [4.78, 5) is 75.6. The monoisotopic (exact) mass is 806 g/mol. The lowest BCUT2D eigenvalue weighted by molar-refractivity contribution is -0.136. The van der Waals surface area contributed by atoms with E-state index in [1.54, 1.807) is 6.07 Å². The first-order valence-electron chi connectivity index (χ1n) is 20.1. The molecule has 58 heavy (non-hydrogen) atoms. The van der Waals surface area contributed by atoms with E-state index in [2.05, 4.69) is 45.1 Å². The molecule has 5 amide bonds. The zero-order chi connectivity index (χ0) is 40.5. The molecule has 300 valence electrons. The number of carbonyl (C=O) groups excluding carboxylic acids is 5. The topological polar surface area (TPSA) is 141 Å². The molecule has 3 aromatic carbocycles. The Morgan fingerprint density at radius 2 is 1.55 bits per heavy atom. The largest absolute Gasteiger partial charge is 0.371 e. The Morgan fingerprint density at radius 1 is 0.879 bits per heavy atom. The molecule has 1 N–H and O–H groups in total. The highest BCUT2D eigenvalue weighted by molar-refractivity contribution is 6.32. The molecule has 1 unspecified atom stereocenters. The Kier molecular flexibility index (Phi) is 9.63. The number of amides is 5. The first kappa shape index (κ1) is 38.0. The number of piperidine rings is 2. The number of anilines is 3. The van der Waals surface area contributed by atoms with Crippen molar-refractivity contribution < 1.29 is 28.4 Å². The molecule has 3 aromatic rings. The van der Waals surface area contributed by atoms with Crippen molar-refractivity contribution in [2.45, 2.75) is 57.2 Å². The normalized spacial score (nSPS) is 23.7. The zero-order valence-electron chi connectivity index (χ0n) is 32.3. The van der Waals surface area contributed by atoms with E-state index < -0.39 is 35.5 Å². The second-order valence-electron chi connectivity index (χ2n) is 16.7. The van der Waals surface area contributed by atoms with E-state index in [1.165, 1.54) is 6.07 Å². The average molecular weight is 807 g/mol. The van der Waals surface area contributed by atoms with E-state index in [0.29, 0.717) is 61.5 Å². The quantitative estimate of drug-likeness (QED) is 0.359. The fourth-order valence-corrected chi connectivity index (χ4v) is 10.1. The maximum atomic E-state index is 15.4. The van der Waals surface area contributed by atoms with Crippen LogP contribution in [0.1, 0.15) is 75.7 Å². The summed E-state index contributed by atoms with van der Waals surface area (Å²) in [5.41, 5.74) is 3.78. The molecule has 0 aliphatic carbocycles. The lowest BCUT2D eigenvalue weighted by Crippen LogP contribution is -2.63. The summed E-state index contributed by atoms with van der Waals surface area (Å²) in [7, 11) is 0. The lowest BCUT2D eigenvalue weighted by atomic mass is 9.76. The van der Waals surface area contributed by atoms with Gasteiger partial charge >= 0.3 is 0 Å². The van der Waals surface area contributed by atoms with Crippen LogP contribution in [0, 0.1) is 22.6 Å². The fourth-order valence-electron chi connectivity index (χ4n) is 9.93. The molecule has 2 atom stereocenters. The third-order valence-corrected chi connectivity index (χ3v) is 13.6. The molecule has 0 bridgehead atoms. The standard InChI is InChI=1S/C43H44ClFN8O5/c1-26-21-43(25-52(26)30-7-4-28(22-46)34(44)18-30)10-12-48(13-11-43)29-5-2-27(3-6-29)40(56)50-16-14-49(15-17-50)31-23-51(24-31)37-20-33-32(19-35(37)45)41(57)53(42(33)58)36-8-9-38(54)47-39(36)55/h2-7,18-20,26,31,36H,8-17,21,23-25H2,1H3,(H,47,54,55)/t26-,36?/m0/s1. The Labute approximate surface area is 340 Å². The van der Waals surface area contributed by atoms with Gasteiger partial charge in [-0.3, -0.25) is 39.1 Å². The summed E-state index contributed by atoms with van der Waals surface area (Å²) in [6, 6.07) is 17.7. The third kappa shape index (κ3) is 6.63. The van der Waals surface area contributed by atoms with Crippen molar-refractivity contribution in [2.75, 3.05) is 73.6 Å². The first-order chi connectivity index (χ1) is 27.9. The number of imide groups is 2. The molecule has 6 heterocycles. The van der Waals surface area contributed by atoms with Crippen LogP contribution in [-0.2, 0) is 9.59 Å². The van der Waals surface area contributed by atoms with Crippen LogP contribution in [-0.4, -0.2) is 121 Å². The molecule has 0 aromatic heterocycles. The summed E-state index contributed by atoms with van der Waals surface area (Å²) in [6.45, 7) is 8.73. The Balaban J connectivity index is 0.750. The van der Waals surface area contributed by atoms with Gasteiger partial charge < -0.3 is 19.6 Å². The van der Waals surface area contributed by atoms with Crippen molar-refractivity contribution in [3.63, 3.8) is 0 Å². The number of nitrogens with one attached hydrogen (secondary N) is 1. The minimum absolute atomic E-state index is 0.00718. The van der Waals surface area contributed by atoms with Gasteiger partial charge in [0.25, 0.3) is 17.7 Å². The number of halogens is 2. The van der Waals surface area contributed by atoms with Crippen LogP contribution in [0.3, 0.4) is 0 Å². The van der Waals surface area contributed by atoms with Crippen molar-refractivity contribution in [3.05, 3.63) is 87.7 Å². The van der Waals surface area contributed by atoms with Crippen LogP contribution in [0.25, 0.3) is 0 Å². The van der Waals surface area contributed by atoms with Crippen LogP contribution in [0.15, 0.2) is 54.6 Å². The number of piperazine rings is 1. The van der Waals surface area contributed by atoms with E-state index in [1.807, 2.05) is 34.1 Å². The molecule has 0 radical (unpaired) electrons. The number of benzene rings is 3. The Morgan fingerprint density at radius 3 is 2.21 bits per heavy atom. The van der Waals surface area contributed by atoms with E-state index in [4.69, 9.17) is 11.6 Å². The van der Waals surface area contributed by atoms with Gasteiger partial charge in [0.05, 0.1) is 27.4 Å². The summed E-state index contributed by atoms with van der Waals surface area (Å²) in [6.07, 6.45) is 3.32. The van der Waals surface area contributed by atoms with Crippen molar-refractivity contribution in [1.82, 2.24) is 20.0 Å². The van der Waals surface area contributed by atoms with E-state index in [0.717, 1.165) is 61.2 Å². The number of nitriles is 1. The van der Waals surface area contributed by atoms with Crippen molar-refractivity contribution in [3.8, 4) is 6.07 Å². The van der Waals surface area contributed by atoms with Gasteiger partial charge in [-0.25, -0.2) is 4.39 Å². The lowest BCUT2D eigenvalue weighted by Gasteiger charge is -2.49. The number of hydrogen-bond donors (Lipinski definition) is 1. The van der Waals surface area contributed by atoms with Crippen molar-refractivity contribution >= 4 is 58.2 Å². The highest BCUT2D eigenvalue weighted by Crippen LogP contribution is 2.46.